The Kier molecular flexibility index (Phi) is 3.91. The van der Waals surface area contributed by atoms with Crippen molar-refractivity contribution in [1.29, 1.82) is 0 Å². The molecule has 3 rings (SSSR count). The van der Waals surface area contributed by atoms with Gasteiger partial charge in [0.25, 0.3) is 0 Å². The zero-order valence-corrected chi connectivity index (χ0v) is 12.7. The van der Waals surface area contributed by atoms with Crippen LogP contribution in [0.3, 0.4) is 0 Å². The monoisotopic (exact) mass is 264 g/mol. The average Bonchev–Trinajstić information content (AvgIpc) is 2.45. The molecular weight excluding hydrogens is 240 g/mol. The molecule has 2 aromatic carbocycles. The first-order valence-corrected chi connectivity index (χ1v) is 7.90. The lowest BCUT2D eigenvalue weighted by molar-refractivity contribution is 0.724. The van der Waals surface area contributed by atoms with E-state index in [1.807, 2.05) is 0 Å². The summed E-state index contributed by atoms with van der Waals surface area (Å²) >= 11 is 0. The fourth-order valence-electron chi connectivity index (χ4n) is 3.46. The van der Waals surface area contributed by atoms with Crippen LogP contribution in [-0.2, 0) is 25.7 Å². The highest BCUT2D eigenvalue weighted by molar-refractivity contribution is 5.38. The molecule has 0 saturated heterocycles. The molecule has 0 spiro atoms. The molecule has 0 amide bonds. The Morgan fingerprint density at radius 3 is 1.30 bits per heavy atom. The van der Waals surface area contributed by atoms with Crippen molar-refractivity contribution in [3.05, 3.63) is 69.8 Å². The average molecular weight is 264 g/mol. The van der Waals surface area contributed by atoms with Crippen LogP contribution in [0, 0.1) is 13.8 Å². The smallest absolute Gasteiger partial charge is 0.0235 e. The Labute approximate surface area is 122 Å². The molecule has 2 aromatic rings. The van der Waals surface area contributed by atoms with Gasteiger partial charge in [0.2, 0.25) is 0 Å². The van der Waals surface area contributed by atoms with Crippen LogP contribution in [0.15, 0.2) is 36.4 Å². The number of hydrogen-bond acceptors (Lipinski definition) is 0. The van der Waals surface area contributed by atoms with E-state index in [1.165, 1.54) is 60.8 Å². The second-order valence-corrected chi connectivity index (χ2v) is 6.11. The summed E-state index contributed by atoms with van der Waals surface area (Å²) in [6.45, 7) is 4.61. The van der Waals surface area contributed by atoms with Gasteiger partial charge in [-0.3, -0.25) is 0 Å². The lowest BCUT2D eigenvalue weighted by atomic mass is 9.90. The maximum absolute atomic E-state index is 2.31. The van der Waals surface area contributed by atoms with Crippen LogP contribution in [-0.4, -0.2) is 0 Å². The Bertz CT molecular complexity index is 552. The summed E-state index contributed by atoms with van der Waals surface area (Å²) in [5.41, 5.74) is 9.25. The van der Waals surface area contributed by atoms with Crippen LogP contribution in [0.4, 0.5) is 0 Å². The van der Waals surface area contributed by atoms with Gasteiger partial charge in [-0.15, -0.1) is 0 Å². The number of benzene rings is 2. The highest BCUT2D eigenvalue weighted by Crippen LogP contribution is 2.23. The largest absolute Gasteiger partial charge is 0.0617 e. The number of rotatable bonds is 0. The van der Waals surface area contributed by atoms with Crippen molar-refractivity contribution in [3.8, 4) is 0 Å². The third kappa shape index (κ3) is 2.65. The van der Waals surface area contributed by atoms with Gasteiger partial charge in [-0.25, -0.2) is 0 Å². The normalized spacial score (nSPS) is 15.3. The zero-order valence-electron chi connectivity index (χ0n) is 12.7. The van der Waals surface area contributed by atoms with Gasteiger partial charge in [0, 0.05) is 0 Å². The second-order valence-electron chi connectivity index (χ2n) is 6.11. The highest BCUT2D eigenvalue weighted by Gasteiger charge is 2.09. The summed E-state index contributed by atoms with van der Waals surface area (Å²) in [6.07, 6.45) is 7.41. The number of fused-ring (bicyclic) bond motifs is 4. The van der Waals surface area contributed by atoms with Gasteiger partial charge >= 0.3 is 0 Å². The van der Waals surface area contributed by atoms with Crippen LogP contribution in [0.1, 0.15) is 46.2 Å². The van der Waals surface area contributed by atoms with Gasteiger partial charge in [0.15, 0.2) is 0 Å². The van der Waals surface area contributed by atoms with E-state index in [1.54, 1.807) is 11.1 Å². The topological polar surface area (TPSA) is 0 Å². The SMILES string of the molecule is Cc1c2cccc1CCc1cccc(c1C)CCCC2. The van der Waals surface area contributed by atoms with Gasteiger partial charge in [0.05, 0.1) is 0 Å². The Morgan fingerprint density at radius 1 is 0.550 bits per heavy atom. The summed E-state index contributed by atoms with van der Waals surface area (Å²) in [6, 6.07) is 13.7. The van der Waals surface area contributed by atoms with Crippen molar-refractivity contribution in [2.24, 2.45) is 0 Å². The van der Waals surface area contributed by atoms with Crippen molar-refractivity contribution in [3.63, 3.8) is 0 Å². The van der Waals surface area contributed by atoms with E-state index < -0.39 is 0 Å². The Balaban J connectivity index is 1.97. The van der Waals surface area contributed by atoms with Crippen LogP contribution in [0.2, 0.25) is 0 Å². The molecule has 1 aliphatic rings. The Hall–Kier alpha value is -1.56. The molecule has 0 saturated carbocycles. The van der Waals surface area contributed by atoms with Gasteiger partial charge < -0.3 is 0 Å². The van der Waals surface area contributed by atoms with E-state index >= 15 is 0 Å². The van der Waals surface area contributed by atoms with Crippen LogP contribution >= 0.6 is 0 Å². The van der Waals surface area contributed by atoms with E-state index in [2.05, 4.69) is 50.2 Å². The summed E-state index contributed by atoms with van der Waals surface area (Å²) in [5, 5.41) is 0. The lowest BCUT2D eigenvalue weighted by Crippen LogP contribution is -2.03. The van der Waals surface area contributed by atoms with Crippen LogP contribution in [0.5, 0.6) is 0 Å². The van der Waals surface area contributed by atoms with Crippen molar-refractivity contribution in [2.45, 2.75) is 52.4 Å². The minimum Gasteiger partial charge on any atom is -0.0617 e. The van der Waals surface area contributed by atoms with Gasteiger partial charge in [-0.2, -0.15) is 0 Å². The highest BCUT2D eigenvalue weighted by atomic mass is 14.1. The molecule has 0 nitrogen and oxygen atoms in total. The molecule has 0 heterocycles. The van der Waals surface area contributed by atoms with Crippen molar-refractivity contribution < 1.29 is 0 Å². The van der Waals surface area contributed by atoms with E-state index in [-0.39, 0.29) is 0 Å². The molecule has 0 unspecified atom stereocenters. The molecule has 0 N–H and O–H groups in total. The minimum absolute atomic E-state index is 1.17. The molecule has 0 heteroatoms. The standard InChI is InChI=1S/C20H24/c1-15-17-7-3-4-8-18-10-6-12-20(16(18)2)14-13-19(15)11-5-9-17/h5-6,9-12H,3-4,7-8,13-14H2,1-2H3. The molecule has 0 aliphatic heterocycles. The molecule has 0 fully saturated rings. The molecule has 4 bridgehead atoms. The molecule has 104 valence electrons. The third-order valence-corrected chi connectivity index (χ3v) is 4.92. The summed E-state index contributed by atoms with van der Waals surface area (Å²) < 4.78 is 0. The first kappa shape index (κ1) is 13.4. The summed E-state index contributed by atoms with van der Waals surface area (Å²) in [5.74, 6) is 0. The second kappa shape index (κ2) is 5.83. The van der Waals surface area contributed by atoms with E-state index in [0.717, 1.165) is 0 Å². The van der Waals surface area contributed by atoms with Crippen molar-refractivity contribution in [2.75, 3.05) is 0 Å². The predicted octanol–water partition coefficient (Wildman–Crippen LogP) is 4.97. The van der Waals surface area contributed by atoms with Crippen molar-refractivity contribution >= 4 is 0 Å². The molecule has 0 atom stereocenters. The summed E-state index contributed by atoms with van der Waals surface area (Å²) in [4.78, 5) is 0. The predicted molar refractivity (Wildman–Crippen MR) is 86.4 cm³/mol. The van der Waals surface area contributed by atoms with Crippen LogP contribution < -0.4 is 0 Å². The van der Waals surface area contributed by atoms with Gasteiger partial charge in [0.1, 0.15) is 0 Å². The maximum Gasteiger partial charge on any atom is -0.0235 e. The van der Waals surface area contributed by atoms with Crippen molar-refractivity contribution in [1.82, 2.24) is 0 Å². The fourth-order valence-corrected chi connectivity index (χ4v) is 3.46. The lowest BCUT2D eigenvalue weighted by Gasteiger charge is -2.16. The van der Waals surface area contributed by atoms with Gasteiger partial charge in [-0.05, 0) is 85.8 Å². The van der Waals surface area contributed by atoms with E-state index in [0.29, 0.717) is 0 Å². The molecule has 0 radical (unpaired) electrons. The molecule has 0 aromatic heterocycles. The molecular formula is C20H24. The molecule has 1 aliphatic carbocycles. The molecule has 20 heavy (non-hydrogen) atoms. The van der Waals surface area contributed by atoms with Gasteiger partial charge in [-0.1, -0.05) is 36.4 Å². The number of aryl methyl sites for hydroxylation is 4. The maximum atomic E-state index is 2.31. The minimum atomic E-state index is 1.17. The van der Waals surface area contributed by atoms with E-state index in [9.17, 15) is 0 Å². The first-order valence-electron chi connectivity index (χ1n) is 7.90. The summed E-state index contributed by atoms with van der Waals surface area (Å²) in [7, 11) is 0. The zero-order chi connectivity index (χ0) is 13.9. The Morgan fingerprint density at radius 2 is 0.900 bits per heavy atom. The van der Waals surface area contributed by atoms with E-state index in [4.69, 9.17) is 0 Å². The van der Waals surface area contributed by atoms with Crippen LogP contribution in [0.25, 0.3) is 0 Å². The first-order chi connectivity index (χ1) is 9.75. The third-order valence-electron chi connectivity index (χ3n) is 4.92. The quantitative estimate of drug-likeness (QED) is 0.630. The number of hydrogen-bond donors (Lipinski definition) is 0. The fraction of sp³-hybridized carbons (Fsp3) is 0.400.